The number of sulfonamides is 1. The zero-order valence-corrected chi connectivity index (χ0v) is 13.6. The SMILES string of the molecule is COc1cc(OC)nc(NS(=O)(=O)c2ccc(Br)cc2)n1. The Morgan fingerprint density at radius 1 is 1.05 bits per heavy atom. The molecular formula is C12H12BrN3O4S. The van der Waals surface area contributed by atoms with Gasteiger partial charge < -0.3 is 9.47 Å². The molecule has 0 fully saturated rings. The lowest BCUT2D eigenvalue weighted by molar-refractivity contribution is 0.373. The van der Waals surface area contributed by atoms with Crippen LogP contribution in [-0.4, -0.2) is 32.6 Å². The standard InChI is InChI=1S/C12H12BrN3O4S/c1-19-10-7-11(20-2)15-12(14-10)16-21(17,18)9-5-3-8(13)4-6-9/h3-7H,1-2H3,(H,14,15,16). The van der Waals surface area contributed by atoms with Gasteiger partial charge in [0.1, 0.15) is 0 Å². The van der Waals surface area contributed by atoms with E-state index in [2.05, 4.69) is 30.6 Å². The molecule has 0 bridgehead atoms. The molecule has 9 heteroatoms. The van der Waals surface area contributed by atoms with Gasteiger partial charge in [0, 0.05) is 4.47 Å². The fourth-order valence-electron chi connectivity index (χ4n) is 1.45. The summed E-state index contributed by atoms with van der Waals surface area (Å²) in [6.07, 6.45) is 0. The van der Waals surface area contributed by atoms with E-state index in [0.29, 0.717) is 0 Å². The molecule has 1 aromatic carbocycles. The molecule has 0 spiro atoms. The van der Waals surface area contributed by atoms with E-state index in [-0.39, 0.29) is 22.6 Å². The molecule has 21 heavy (non-hydrogen) atoms. The van der Waals surface area contributed by atoms with Crippen molar-refractivity contribution < 1.29 is 17.9 Å². The Bertz CT molecular complexity index is 712. The largest absolute Gasteiger partial charge is 0.481 e. The predicted molar refractivity (Wildman–Crippen MR) is 80.1 cm³/mol. The number of methoxy groups -OCH3 is 2. The van der Waals surface area contributed by atoms with Crippen LogP contribution in [0, 0.1) is 0 Å². The topological polar surface area (TPSA) is 90.4 Å². The lowest BCUT2D eigenvalue weighted by atomic mass is 10.4. The maximum absolute atomic E-state index is 12.2. The highest BCUT2D eigenvalue weighted by atomic mass is 79.9. The van der Waals surface area contributed by atoms with Gasteiger partial charge in [-0.05, 0) is 24.3 Å². The molecule has 112 valence electrons. The molecule has 0 aliphatic rings. The van der Waals surface area contributed by atoms with Crippen molar-refractivity contribution in [2.24, 2.45) is 0 Å². The summed E-state index contributed by atoms with van der Waals surface area (Å²) in [5.41, 5.74) is 0. The molecule has 0 amide bonds. The fraction of sp³-hybridized carbons (Fsp3) is 0.167. The Labute approximate surface area is 130 Å². The highest BCUT2D eigenvalue weighted by Gasteiger charge is 2.17. The quantitative estimate of drug-likeness (QED) is 0.862. The highest BCUT2D eigenvalue weighted by molar-refractivity contribution is 9.10. The normalized spacial score (nSPS) is 11.0. The van der Waals surface area contributed by atoms with E-state index >= 15 is 0 Å². The second kappa shape index (κ2) is 6.27. The number of aromatic nitrogens is 2. The molecule has 0 aliphatic heterocycles. The van der Waals surface area contributed by atoms with E-state index in [0.717, 1.165) is 4.47 Å². The zero-order chi connectivity index (χ0) is 15.5. The maximum Gasteiger partial charge on any atom is 0.264 e. The molecule has 0 saturated heterocycles. The Morgan fingerprint density at radius 2 is 1.57 bits per heavy atom. The number of nitrogens with one attached hydrogen (secondary N) is 1. The van der Waals surface area contributed by atoms with Crippen LogP contribution in [0.25, 0.3) is 0 Å². The molecular weight excluding hydrogens is 362 g/mol. The monoisotopic (exact) mass is 373 g/mol. The summed E-state index contributed by atoms with van der Waals surface area (Å²) in [5, 5.41) is 0. The predicted octanol–water partition coefficient (Wildman–Crippen LogP) is 2.06. The van der Waals surface area contributed by atoms with Crippen LogP contribution in [0.2, 0.25) is 0 Å². The summed E-state index contributed by atoms with van der Waals surface area (Å²) < 4.78 is 37.4. The summed E-state index contributed by atoms with van der Waals surface area (Å²) in [5.74, 6) is 0.250. The summed E-state index contributed by atoms with van der Waals surface area (Å²) in [7, 11) is -0.964. The van der Waals surface area contributed by atoms with Gasteiger partial charge in [-0.3, -0.25) is 0 Å². The third kappa shape index (κ3) is 3.82. The summed E-state index contributed by atoms with van der Waals surface area (Å²) >= 11 is 3.24. The number of halogens is 1. The summed E-state index contributed by atoms with van der Waals surface area (Å²) in [6.45, 7) is 0. The van der Waals surface area contributed by atoms with Crippen molar-refractivity contribution in [2.75, 3.05) is 18.9 Å². The first kappa shape index (κ1) is 15.5. The second-order valence-corrected chi connectivity index (χ2v) is 6.43. The van der Waals surface area contributed by atoms with Crippen LogP contribution in [-0.2, 0) is 10.0 Å². The number of anilines is 1. The van der Waals surface area contributed by atoms with Crippen LogP contribution >= 0.6 is 15.9 Å². The van der Waals surface area contributed by atoms with Crippen LogP contribution in [0.15, 0.2) is 39.7 Å². The molecule has 0 atom stereocenters. The van der Waals surface area contributed by atoms with Gasteiger partial charge in [-0.25, -0.2) is 13.1 Å². The van der Waals surface area contributed by atoms with Gasteiger partial charge >= 0.3 is 0 Å². The van der Waals surface area contributed by atoms with E-state index in [9.17, 15) is 8.42 Å². The molecule has 1 N–H and O–H groups in total. The van der Waals surface area contributed by atoms with Crippen LogP contribution in [0.3, 0.4) is 0 Å². The van der Waals surface area contributed by atoms with Crippen molar-refractivity contribution in [2.45, 2.75) is 4.90 Å². The van der Waals surface area contributed by atoms with E-state index in [1.54, 1.807) is 12.1 Å². The van der Waals surface area contributed by atoms with Gasteiger partial charge in [0.05, 0.1) is 25.2 Å². The Balaban J connectivity index is 2.34. The first-order valence-electron chi connectivity index (χ1n) is 5.70. The number of hydrogen-bond donors (Lipinski definition) is 1. The minimum absolute atomic E-state index is 0.0936. The third-order valence-corrected chi connectivity index (χ3v) is 4.32. The van der Waals surface area contributed by atoms with Gasteiger partial charge in [0.25, 0.3) is 10.0 Å². The molecule has 0 aliphatic carbocycles. The first-order chi connectivity index (χ1) is 9.94. The molecule has 0 saturated carbocycles. The van der Waals surface area contributed by atoms with Gasteiger partial charge in [-0.15, -0.1) is 0 Å². The van der Waals surface area contributed by atoms with Gasteiger partial charge in [-0.1, -0.05) is 15.9 Å². The molecule has 1 heterocycles. The summed E-state index contributed by atoms with van der Waals surface area (Å²) in [6, 6.07) is 7.62. The van der Waals surface area contributed by atoms with E-state index < -0.39 is 10.0 Å². The Morgan fingerprint density at radius 3 is 2.05 bits per heavy atom. The molecule has 2 aromatic rings. The van der Waals surface area contributed by atoms with Crippen molar-refractivity contribution in [3.63, 3.8) is 0 Å². The first-order valence-corrected chi connectivity index (χ1v) is 7.97. The maximum atomic E-state index is 12.2. The Kier molecular flexibility index (Phi) is 4.63. The summed E-state index contributed by atoms with van der Waals surface area (Å²) in [4.78, 5) is 7.92. The third-order valence-electron chi connectivity index (χ3n) is 2.45. The highest BCUT2D eigenvalue weighted by Crippen LogP contribution is 2.21. The number of nitrogens with zero attached hydrogens (tertiary/aromatic N) is 2. The number of rotatable bonds is 5. The van der Waals surface area contributed by atoms with Crippen molar-refractivity contribution in [1.82, 2.24) is 9.97 Å². The minimum Gasteiger partial charge on any atom is -0.481 e. The van der Waals surface area contributed by atoms with Crippen LogP contribution < -0.4 is 14.2 Å². The van der Waals surface area contributed by atoms with E-state index in [4.69, 9.17) is 9.47 Å². The van der Waals surface area contributed by atoms with Crippen molar-refractivity contribution >= 4 is 31.9 Å². The smallest absolute Gasteiger partial charge is 0.264 e. The van der Waals surface area contributed by atoms with Gasteiger partial charge in [0.2, 0.25) is 17.7 Å². The van der Waals surface area contributed by atoms with Crippen LogP contribution in [0.5, 0.6) is 11.8 Å². The molecule has 7 nitrogen and oxygen atoms in total. The second-order valence-electron chi connectivity index (χ2n) is 3.84. The van der Waals surface area contributed by atoms with Crippen molar-refractivity contribution in [3.05, 3.63) is 34.8 Å². The van der Waals surface area contributed by atoms with Crippen LogP contribution in [0.4, 0.5) is 5.95 Å². The molecule has 0 unspecified atom stereocenters. The van der Waals surface area contributed by atoms with E-state index in [1.807, 2.05) is 0 Å². The van der Waals surface area contributed by atoms with Crippen molar-refractivity contribution in [3.8, 4) is 11.8 Å². The van der Waals surface area contributed by atoms with Crippen LogP contribution in [0.1, 0.15) is 0 Å². The number of benzene rings is 1. The number of hydrogen-bond acceptors (Lipinski definition) is 6. The lowest BCUT2D eigenvalue weighted by Crippen LogP contribution is -2.15. The molecule has 0 radical (unpaired) electrons. The fourth-order valence-corrected chi connectivity index (χ4v) is 2.66. The van der Waals surface area contributed by atoms with E-state index in [1.165, 1.54) is 32.4 Å². The van der Waals surface area contributed by atoms with Crippen molar-refractivity contribution in [1.29, 1.82) is 0 Å². The molecule has 1 aromatic heterocycles. The average Bonchev–Trinajstić information content (AvgIpc) is 2.46. The van der Waals surface area contributed by atoms with Gasteiger partial charge in [0.15, 0.2) is 0 Å². The number of ether oxygens (including phenoxy) is 2. The zero-order valence-electron chi connectivity index (χ0n) is 11.2. The van der Waals surface area contributed by atoms with Gasteiger partial charge in [-0.2, -0.15) is 9.97 Å². The lowest BCUT2D eigenvalue weighted by Gasteiger charge is -2.09. The Hall–Kier alpha value is -1.87. The average molecular weight is 374 g/mol. The minimum atomic E-state index is -3.79. The molecule has 2 rings (SSSR count).